The van der Waals surface area contributed by atoms with Crippen LogP contribution in [0.4, 0.5) is 0 Å². The van der Waals surface area contributed by atoms with Crippen LogP contribution < -0.4 is 3.58 Å². The molecule has 0 aliphatic carbocycles. The SMILES string of the molecule is CC(C)c1cc(C(C)C)c(-c2c(C(C)C)cc(C(C)C)c(-c3c(C(C)C)cc(C(C)C)cc3C(C)C)[c]2[SnH2])c(C(C)C)c1. The van der Waals surface area contributed by atoms with Gasteiger partial charge < -0.3 is 0 Å². The standard InChI is InChI=1S/C42H61.Sn.2H/c1-23(2)31-17-35(27(9)10)41(36(18-31)28(11)12)39-22-40(34(26(7)8)21-33(39)25(5)6)42-37(29(13)14)19-32(24(3)4)20-38(42)30(15)16;;;/h17-21,23-30H,1-16H3;;;. The molecule has 0 saturated carbocycles. The van der Waals surface area contributed by atoms with Crippen LogP contribution in [0.5, 0.6) is 0 Å². The van der Waals surface area contributed by atoms with Crippen LogP contribution >= 0.6 is 0 Å². The number of benzene rings is 3. The van der Waals surface area contributed by atoms with E-state index in [2.05, 4.69) is 141 Å². The minimum absolute atomic E-state index is 0.460. The molecule has 0 amide bonds. The molecule has 0 fully saturated rings. The number of rotatable bonds is 10. The van der Waals surface area contributed by atoms with Crippen LogP contribution in [0, 0.1) is 0 Å². The van der Waals surface area contributed by atoms with Crippen molar-refractivity contribution in [3.63, 3.8) is 0 Å². The molecule has 0 aliphatic heterocycles. The summed E-state index contributed by atoms with van der Waals surface area (Å²) in [5, 5.41) is 0. The fourth-order valence-electron chi connectivity index (χ4n) is 6.78. The van der Waals surface area contributed by atoms with Crippen LogP contribution in [0.25, 0.3) is 22.3 Å². The molecule has 0 atom stereocenters. The molecular formula is C42H63Sn. The fraction of sp³-hybridized carbons (Fsp3) is 0.571. The van der Waals surface area contributed by atoms with Gasteiger partial charge in [0, 0.05) is 0 Å². The molecular weight excluding hydrogens is 623 g/mol. The van der Waals surface area contributed by atoms with E-state index in [1.807, 2.05) is 0 Å². The summed E-state index contributed by atoms with van der Waals surface area (Å²) in [4.78, 5) is 0. The second-order valence-corrected chi connectivity index (χ2v) is 17.7. The zero-order valence-corrected chi connectivity index (χ0v) is 34.7. The van der Waals surface area contributed by atoms with E-state index in [9.17, 15) is 0 Å². The van der Waals surface area contributed by atoms with Crippen molar-refractivity contribution in [1.29, 1.82) is 0 Å². The van der Waals surface area contributed by atoms with E-state index in [1.165, 1.54) is 33.4 Å². The van der Waals surface area contributed by atoms with Crippen LogP contribution in [0.2, 0.25) is 0 Å². The third-order valence-corrected chi connectivity index (χ3v) is 11.5. The van der Waals surface area contributed by atoms with Crippen molar-refractivity contribution in [3.05, 3.63) is 74.8 Å². The van der Waals surface area contributed by atoms with Gasteiger partial charge in [-0.15, -0.1) is 0 Å². The molecule has 0 unspecified atom stereocenters. The molecule has 0 aliphatic rings. The molecule has 0 N–H and O–H groups in total. The third kappa shape index (κ3) is 7.31. The molecule has 0 bridgehead atoms. The van der Waals surface area contributed by atoms with E-state index >= 15 is 0 Å². The molecule has 1 radical (unpaired) electrons. The van der Waals surface area contributed by atoms with Gasteiger partial charge >= 0.3 is 281 Å². The number of hydrogen-bond donors (Lipinski definition) is 0. The van der Waals surface area contributed by atoms with Gasteiger partial charge in [-0.05, 0) is 0 Å². The van der Waals surface area contributed by atoms with Crippen molar-refractivity contribution in [2.45, 2.75) is 158 Å². The Kier molecular flexibility index (Phi) is 11.9. The first-order valence-corrected chi connectivity index (χ1v) is 19.3. The molecule has 0 saturated heterocycles. The summed E-state index contributed by atoms with van der Waals surface area (Å²) < 4.78 is 1.64. The monoisotopic (exact) mass is 687 g/mol. The summed E-state index contributed by atoms with van der Waals surface area (Å²) in [6.45, 7) is 38.3. The van der Waals surface area contributed by atoms with E-state index in [1.54, 1.807) is 37.0 Å². The summed E-state index contributed by atoms with van der Waals surface area (Å²) in [5.74, 6) is 3.82. The van der Waals surface area contributed by atoms with Crippen LogP contribution in [-0.2, 0) is 0 Å². The Morgan fingerprint density at radius 2 is 0.512 bits per heavy atom. The topological polar surface area (TPSA) is 0 Å². The summed E-state index contributed by atoms with van der Waals surface area (Å²) in [6, 6.07) is 12.9. The van der Waals surface area contributed by atoms with E-state index in [-0.39, 0.29) is 0 Å². The van der Waals surface area contributed by atoms with Gasteiger partial charge in [0.25, 0.3) is 0 Å². The Hall–Kier alpha value is -1.54. The maximum absolute atomic E-state index is 2.64. The Bertz CT molecular complexity index is 1260. The fourth-order valence-corrected chi connectivity index (χ4v) is 8.95. The van der Waals surface area contributed by atoms with Crippen molar-refractivity contribution in [1.82, 2.24) is 0 Å². The van der Waals surface area contributed by atoms with Crippen molar-refractivity contribution in [2.24, 2.45) is 0 Å². The Morgan fingerprint density at radius 1 is 0.302 bits per heavy atom. The van der Waals surface area contributed by atoms with Crippen molar-refractivity contribution in [3.8, 4) is 22.3 Å². The van der Waals surface area contributed by atoms with Crippen molar-refractivity contribution >= 4 is 26.1 Å². The molecule has 0 spiro atoms. The quantitative estimate of drug-likeness (QED) is 0.186. The molecule has 0 heterocycles. The Balaban J connectivity index is 2.72. The third-order valence-electron chi connectivity index (χ3n) is 9.50. The molecule has 3 aromatic rings. The van der Waals surface area contributed by atoms with Gasteiger partial charge in [0.05, 0.1) is 0 Å². The van der Waals surface area contributed by atoms with Crippen LogP contribution in [0.15, 0.2) is 30.3 Å². The van der Waals surface area contributed by atoms with Gasteiger partial charge in [-0.3, -0.25) is 0 Å². The van der Waals surface area contributed by atoms with Crippen molar-refractivity contribution in [2.75, 3.05) is 0 Å². The van der Waals surface area contributed by atoms with Crippen molar-refractivity contribution < 1.29 is 0 Å². The van der Waals surface area contributed by atoms with Gasteiger partial charge in [-0.25, -0.2) is 0 Å². The first-order chi connectivity index (χ1) is 19.9. The Morgan fingerprint density at radius 3 is 0.698 bits per heavy atom. The molecule has 1 heteroatoms. The van der Waals surface area contributed by atoms with E-state index in [4.69, 9.17) is 0 Å². The summed E-state index contributed by atoms with van der Waals surface area (Å²) in [6.07, 6.45) is 0. The molecule has 0 nitrogen and oxygen atoms in total. The summed E-state index contributed by atoms with van der Waals surface area (Å²) in [5.41, 5.74) is 18.4. The normalized spacial score (nSPS) is 12.6. The van der Waals surface area contributed by atoms with E-state index in [0.717, 1.165) is 0 Å². The van der Waals surface area contributed by atoms with Gasteiger partial charge in [0.2, 0.25) is 0 Å². The zero-order valence-electron chi connectivity index (χ0n) is 30.7. The van der Waals surface area contributed by atoms with E-state index in [0.29, 0.717) is 69.9 Å². The second kappa shape index (κ2) is 14.3. The predicted octanol–water partition coefficient (Wildman–Crippen LogP) is 12.3. The minimum atomic E-state index is 0.460. The first kappa shape index (κ1) is 35.9. The van der Waals surface area contributed by atoms with Gasteiger partial charge in [-0.1, -0.05) is 0 Å². The molecule has 3 rings (SSSR count). The molecule has 43 heavy (non-hydrogen) atoms. The average molecular weight is 687 g/mol. The number of hydrogen-bond acceptors (Lipinski definition) is 0. The molecule has 3 aromatic carbocycles. The predicted molar refractivity (Wildman–Crippen MR) is 198 cm³/mol. The van der Waals surface area contributed by atoms with Gasteiger partial charge in [0.15, 0.2) is 0 Å². The summed E-state index contributed by atoms with van der Waals surface area (Å²) >= 11 is 0.674. The van der Waals surface area contributed by atoms with Crippen LogP contribution in [-0.4, -0.2) is 22.5 Å². The Labute approximate surface area is 280 Å². The first-order valence-electron chi connectivity index (χ1n) is 17.3. The maximum atomic E-state index is 2.64. The molecule has 0 aromatic heterocycles. The van der Waals surface area contributed by atoms with E-state index < -0.39 is 0 Å². The van der Waals surface area contributed by atoms with Gasteiger partial charge in [-0.2, -0.15) is 0 Å². The average Bonchev–Trinajstić information content (AvgIpc) is 2.90. The second-order valence-electron chi connectivity index (χ2n) is 15.7. The molecule has 235 valence electrons. The zero-order chi connectivity index (χ0) is 32.7. The van der Waals surface area contributed by atoms with Crippen LogP contribution in [0.1, 0.15) is 203 Å². The van der Waals surface area contributed by atoms with Gasteiger partial charge in [0.1, 0.15) is 0 Å². The van der Waals surface area contributed by atoms with Crippen LogP contribution in [0.3, 0.4) is 0 Å². The summed E-state index contributed by atoms with van der Waals surface area (Å²) in [7, 11) is 0.